The van der Waals surface area contributed by atoms with Gasteiger partial charge in [0.1, 0.15) is 0 Å². The van der Waals surface area contributed by atoms with Gasteiger partial charge in [0.2, 0.25) is 0 Å². The predicted octanol–water partition coefficient (Wildman–Crippen LogP) is 5.99. The van der Waals surface area contributed by atoms with Crippen LogP contribution < -0.4 is 0 Å². The molecule has 0 atom stereocenters. The molecule has 0 aliphatic carbocycles. The van der Waals surface area contributed by atoms with Crippen molar-refractivity contribution < 1.29 is 4.92 Å². The molecule has 0 bridgehead atoms. The quantitative estimate of drug-likeness (QED) is 0.331. The van der Waals surface area contributed by atoms with Crippen LogP contribution in [0.3, 0.4) is 0 Å². The van der Waals surface area contributed by atoms with E-state index < -0.39 is 0 Å². The zero-order valence-corrected chi connectivity index (χ0v) is 15.1. The van der Waals surface area contributed by atoms with E-state index in [0.717, 1.165) is 16.7 Å². The van der Waals surface area contributed by atoms with E-state index in [9.17, 15) is 10.1 Å². The molecule has 1 heterocycles. The van der Waals surface area contributed by atoms with Crippen molar-refractivity contribution in [2.24, 2.45) is 0 Å². The van der Waals surface area contributed by atoms with Crippen LogP contribution in [-0.2, 0) is 5.41 Å². The maximum Gasteiger partial charge on any atom is 0.269 e. The normalized spacial score (nSPS) is 12.0. The molecular weight excluding hydrogens is 324 g/mol. The maximum atomic E-state index is 11.0. The Morgan fingerprint density at radius 2 is 1.50 bits per heavy atom. The minimum atomic E-state index is -0.370. The van der Waals surface area contributed by atoms with Crippen molar-refractivity contribution in [2.75, 3.05) is 0 Å². The van der Waals surface area contributed by atoms with Crippen LogP contribution in [0.1, 0.15) is 26.3 Å². The fraction of sp³-hybridized carbons (Fsp3) is 0.182. The first kappa shape index (κ1) is 16.3. The van der Waals surface area contributed by atoms with E-state index in [0.29, 0.717) is 0 Å². The zero-order chi connectivity index (χ0) is 18.5. The van der Waals surface area contributed by atoms with Gasteiger partial charge in [-0.05, 0) is 41.3 Å². The Kier molecular flexibility index (Phi) is 3.58. The molecule has 0 saturated heterocycles. The van der Waals surface area contributed by atoms with Crippen LogP contribution in [0.15, 0.2) is 66.7 Å². The summed E-state index contributed by atoms with van der Waals surface area (Å²) in [6.45, 7) is 6.64. The number of hydrogen-bond donors (Lipinski definition) is 0. The predicted molar refractivity (Wildman–Crippen MR) is 106 cm³/mol. The Hall–Kier alpha value is -3.14. The zero-order valence-electron chi connectivity index (χ0n) is 15.1. The van der Waals surface area contributed by atoms with E-state index >= 15 is 0 Å². The van der Waals surface area contributed by atoms with Crippen LogP contribution in [0.25, 0.3) is 27.5 Å². The molecule has 0 aliphatic heterocycles. The molecule has 4 rings (SSSR count). The number of nitrogens with zero attached hydrogens (tertiary/aromatic N) is 2. The van der Waals surface area contributed by atoms with Crippen molar-refractivity contribution in [2.45, 2.75) is 26.2 Å². The number of para-hydroxylation sites is 1. The number of hydrogen-bond acceptors (Lipinski definition) is 2. The summed E-state index contributed by atoms with van der Waals surface area (Å²) in [6, 6.07) is 21.6. The van der Waals surface area contributed by atoms with Gasteiger partial charge in [0, 0.05) is 28.6 Å². The first-order chi connectivity index (χ1) is 12.4. The SMILES string of the molecule is CC(C)(C)c1ccc2c(c1)c1ccccc1n2-c1ccc([N+](=O)[O-])cc1. The van der Waals surface area contributed by atoms with Crippen molar-refractivity contribution >= 4 is 27.5 Å². The molecule has 1 aromatic heterocycles. The second-order valence-electron chi connectivity index (χ2n) is 7.61. The van der Waals surface area contributed by atoms with Crippen LogP contribution in [0.2, 0.25) is 0 Å². The first-order valence-corrected chi connectivity index (χ1v) is 8.65. The molecule has 130 valence electrons. The van der Waals surface area contributed by atoms with Crippen molar-refractivity contribution in [1.82, 2.24) is 4.57 Å². The molecule has 0 aliphatic rings. The van der Waals surface area contributed by atoms with Crippen molar-refractivity contribution in [3.63, 3.8) is 0 Å². The molecular formula is C22H20N2O2. The minimum Gasteiger partial charge on any atom is -0.309 e. The molecule has 0 unspecified atom stereocenters. The Bertz CT molecular complexity index is 1130. The highest BCUT2D eigenvalue weighted by Gasteiger charge is 2.18. The van der Waals surface area contributed by atoms with Gasteiger partial charge in [-0.2, -0.15) is 0 Å². The second-order valence-corrected chi connectivity index (χ2v) is 7.61. The molecule has 4 aromatic rings. The summed E-state index contributed by atoms with van der Waals surface area (Å²) in [4.78, 5) is 10.6. The van der Waals surface area contributed by atoms with Gasteiger partial charge < -0.3 is 4.57 Å². The van der Waals surface area contributed by atoms with Gasteiger partial charge in [-0.25, -0.2) is 0 Å². The van der Waals surface area contributed by atoms with Gasteiger partial charge in [0.15, 0.2) is 0 Å². The third-order valence-corrected chi connectivity index (χ3v) is 4.86. The van der Waals surface area contributed by atoms with E-state index in [-0.39, 0.29) is 16.0 Å². The fourth-order valence-corrected chi connectivity index (χ4v) is 3.44. The summed E-state index contributed by atoms with van der Waals surface area (Å²) < 4.78 is 2.17. The van der Waals surface area contributed by atoms with Gasteiger partial charge in [0.05, 0.1) is 16.0 Å². The molecule has 0 radical (unpaired) electrons. The molecule has 0 amide bonds. The molecule has 0 saturated carbocycles. The summed E-state index contributed by atoms with van der Waals surface area (Å²) in [5, 5.41) is 13.3. The highest BCUT2D eigenvalue weighted by molar-refractivity contribution is 6.09. The first-order valence-electron chi connectivity index (χ1n) is 8.65. The van der Waals surface area contributed by atoms with Crippen molar-refractivity contribution in [3.8, 4) is 5.69 Å². The lowest BCUT2D eigenvalue weighted by Gasteiger charge is -2.19. The van der Waals surface area contributed by atoms with E-state index in [1.54, 1.807) is 12.1 Å². The highest BCUT2D eigenvalue weighted by Crippen LogP contribution is 2.35. The molecule has 0 spiro atoms. The lowest BCUT2D eigenvalue weighted by atomic mass is 9.86. The van der Waals surface area contributed by atoms with Crippen LogP contribution in [0.5, 0.6) is 0 Å². The topological polar surface area (TPSA) is 48.1 Å². The Labute approximate surface area is 151 Å². The lowest BCUT2D eigenvalue weighted by Crippen LogP contribution is -2.10. The molecule has 4 heteroatoms. The fourth-order valence-electron chi connectivity index (χ4n) is 3.44. The van der Waals surface area contributed by atoms with Crippen LogP contribution >= 0.6 is 0 Å². The average Bonchev–Trinajstić information content (AvgIpc) is 2.95. The Morgan fingerprint density at radius 1 is 0.846 bits per heavy atom. The minimum absolute atomic E-state index is 0.0742. The van der Waals surface area contributed by atoms with E-state index in [1.165, 1.54) is 16.3 Å². The number of fused-ring (bicyclic) bond motifs is 3. The van der Waals surface area contributed by atoms with E-state index in [1.807, 2.05) is 24.3 Å². The number of nitro benzene ring substituents is 1. The molecule has 0 N–H and O–H groups in total. The van der Waals surface area contributed by atoms with Gasteiger partial charge in [0.25, 0.3) is 5.69 Å². The third kappa shape index (κ3) is 2.54. The number of rotatable bonds is 2. The van der Waals surface area contributed by atoms with Crippen LogP contribution in [0, 0.1) is 10.1 Å². The van der Waals surface area contributed by atoms with E-state index in [2.05, 4.69) is 55.7 Å². The summed E-state index contributed by atoms with van der Waals surface area (Å²) in [5.74, 6) is 0. The summed E-state index contributed by atoms with van der Waals surface area (Å²) in [5.41, 5.74) is 4.59. The van der Waals surface area contributed by atoms with Gasteiger partial charge in [-0.3, -0.25) is 10.1 Å². The lowest BCUT2D eigenvalue weighted by molar-refractivity contribution is -0.384. The molecule has 26 heavy (non-hydrogen) atoms. The monoisotopic (exact) mass is 344 g/mol. The molecule has 4 nitrogen and oxygen atoms in total. The smallest absolute Gasteiger partial charge is 0.269 e. The van der Waals surface area contributed by atoms with Gasteiger partial charge in [-0.1, -0.05) is 45.0 Å². The average molecular weight is 344 g/mol. The second kappa shape index (κ2) is 5.70. The van der Waals surface area contributed by atoms with Crippen LogP contribution in [-0.4, -0.2) is 9.49 Å². The summed E-state index contributed by atoms with van der Waals surface area (Å²) in [6.07, 6.45) is 0. The maximum absolute atomic E-state index is 11.0. The molecule has 0 fully saturated rings. The van der Waals surface area contributed by atoms with Crippen molar-refractivity contribution in [1.29, 1.82) is 0 Å². The third-order valence-electron chi connectivity index (χ3n) is 4.86. The van der Waals surface area contributed by atoms with Gasteiger partial charge >= 0.3 is 0 Å². The molecule has 3 aromatic carbocycles. The standard InChI is InChI=1S/C22H20N2O2/c1-22(2,3)15-8-13-21-19(14-15)18-6-4-5-7-20(18)23(21)16-9-11-17(12-10-16)24(25)26/h4-14H,1-3H3. The largest absolute Gasteiger partial charge is 0.309 e. The number of non-ortho nitro benzene ring substituents is 1. The Balaban J connectivity index is 2.03. The summed E-state index contributed by atoms with van der Waals surface area (Å²) >= 11 is 0. The number of aromatic nitrogens is 1. The van der Waals surface area contributed by atoms with Crippen LogP contribution in [0.4, 0.5) is 5.69 Å². The van der Waals surface area contributed by atoms with Gasteiger partial charge in [-0.15, -0.1) is 0 Å². The summed E-state index contributed by atoms with van der Waals surface area (Å²) in [7, 11) is 0. The van der Waals surface area contributed by atoms with E-state index in [4.69, 9.17) is 0 Å². The van der Waals surface area contributed by atoms with Crippen molar-refractivity contribution in [3.05, 3.63) is 82.4 Å². The number of benzene rings is 3. The number of nitro groups is 1. The Morgan fingerprint density at radius 3 is 2.15 bits per heavy atom. The highest BCUT2D eigenvalue weighted by atomic mass is 16.6.